The minimum Gasteiger partial charge on any atom is -0.490 e. The maximum absolute atomic E-state index is 12.1. The highest BCUT2D eigenvalue weighted by molar-refractivity contribution is 9.10. The summed E-state index contributed by atoms with van der Waals surface area (Å²) < 4.78 is 18.4. The van der Waals surface area contributed by atoms with Crippen molar-refractivity contribution in [1.82, 2.24) is 0 Å². The number of aliphatic carboxylic acids is 1. The smallest absolute Gasteiger partial charge is 0.328 e. The molecule has 0 radical (unpaired) electrons. The van der Waals surface area contributed by atoms with Crippen LogP contribution in [0.25, 0.3) is 0 Å². The molecule has 1 spiro atoms. The van der Waals surface area contributed by atoms with E-state index in [4.69, 9.17) is 19.9 Å². The number of carboxylic acids is 1. The number of fused-ring (bicyclic) bond motifs is 2. The first kappa shape index (κ1) is 15.4. The van der Waals surface area contributed by atoms with Crippen LogP contribution in [-0.4, -0.2) is 36.2 Å². The molecule has 1 aliphatic carbocycles. The van der Waals surface area contributed by atoms with Gasteiger partial charge in [0.25, 0.3) is 0 Å². The highest BCUT2D eigenvalue weighted by Crippen LogP contribution is 2.51. The van der Waals surface area contributed by atoms with Crippen molar-refractivity contribution in [3.05, 3.63) is 28.2 Å². The summed E-state index contributed by atoms with van der Waals surface area (Å²) in [6, 6.07) is 5.33. The summed E-state index contributed by atoms with van der Waals surface area (Å²) in [5.41, 5.74) is 5.45. The van der Waals surface area contributed by atoms with Gasteiger partial charge in [-0.25, -0.2) is 4.79 Å². The number of ether oxygens (including phenoxy) is 3. The van der Waals surface area contributed by atoms with Gasteiger partial charge in [0, 0.05) is 28.8 Å². The molecule has 0 aromatic heterocycles. The quantitative estimate of drug-likeness (QED) is 0.770. The normalized spacial score (nSPS) is 34.5. The number of benzene rings is 1. The number of halogens is 1. The Morgan fingerprint density at radius 2 is 2.09 bits per heavy atom. The molecule has 2 fully saturated rings. The zero-order valence-electron chi connectivity index (χ0n) is 12.5. The van der Waals surface area contributed by atoms with Crippen molar-refractivity contribution < 1.29 is 24.1 Å². The summed E-state index contributed by atoms with van der Waals surface area (Å²) in [7, 11) is 0. The van der Waals surface area contributed by atoms with E-state index in [-0.39, 0.29) is 6.10 Å². The van der Waals surface area contributed by atoms with E-state index in [9.17, 15) is 9.90 Å². The second kappa shape index (κ2) is 5.17. The predicted molar refractivity (Wildman–Crippen MR) is 84.0 cm³/mol. The van der Waals surface area contributed by atoms with Gasteiger partial charge < -0.3 is 25.1 Å². The molecule has 2 heterocycles. The third-order valence-electron chi connectivity index (χ3n) is 5.21. The monoisotopic (exact) mass is 383 g/mol. The zero-order chi connectivity index (χ0) is 16.2. The van der Waals surface area contributed by atoms with Gasteiger partial charge in [-0.3, -0.25) is 0 Å². The highest BCUT2D eigenvalue weighted by atomic mass is 79.9. The average molecular weight is 384 g/mol. The van der Waals surface area contributed by atoms with Crippen LogP contribution >= 0.6 is 15.9 Å². The van der Waals surface area contributed by atoms with Gasteiger partial charge in [0.05, 0.1) is 13.2 Å². The van der Waals surface area contributed by atoms with Crippen LogP contribution in [0.2, 0.25) is 0 Å². The molecule has 124 valence electrons. The molecule has 3 N–H and O–H groups in total. The van der Waals surface area contributed by atoms with Gasteiger partial charge in [0.2, 0.25) is 0 Å². The fourth-order valence-electron chi connectivity index (χ4n) is 4.05. The van der Waals surface area contributed by atoms with Crippen LogP contribution in [0.1, 0.15) is 24.8 Å². The van der Waals surface area contributed by atoms with Gasteiger partial charge in [-0.2, -0.15) is 0 Å². The van der Waals surface area contributed by atoms with Gasteiger partial charge in [-0.1, -0.05) is 15.9 Å². The van der Waals surface area contributed by atoms with Crippen molar-refractivity contribution in [3.63, 3.8) is 0 Å². The van der Waals surface area contributed by atoms with Gasteiger partial charge in [0.15, 0.2) is 5.79 Å². The average Bonchev–Trinajstić information content (AvgIpc) is 2.97. The predicted octanol–water partition coefficient (Wildman–Crippen LogP) is 1.99. The number of nitrogens with two attached hydrogens (primary N) is 1. The van der Waals surface area contributed by atoms with E-state index in [1.54, 1.807) is 12.1 Å². The first-order valence-electron chi connectivity index (χ1n) is 7.71. The maximum Gasteiger partial charge on any atom is 0.328 e. The molecule has 3 aliphatic rings. The standard InChI is InChI=1S/C16H18BrNO5/c17-9-1-2-12-10(7-9)16(18,14(19)20)11-8-15(21-5-6-22-15)4-3-13(11)23-12/h1-2,7,11,13H,3-6,8,18H2,(H,19,20). The molecule has 3 atom stereocenters. The third-order valence-corrected chi connectivity index (χ3v) is 5.70. The van der Waals surface area contributed by atoms with E-state index in [0.717, 1.165) is 4.47 Å². The molecule has 23 heavy (non-hydrogen) atoms. The Kier molecular flexibility index (Phi) is 3.46. The van der Waals surface area contributed by atoms with Crippen LogP contribution in [0.15, 0.2) is 22.7 Å². The molecular weight excluding hydrogens is 366 g/mol. The van der Waals surface area contributed by atoms with Crippen molar-refractivity contribution in [2.45, 2.75) is 36.7 Å². The van der Waals surface area contributed by atoms with Gasteiger partial charge in [0.1, 0.15) is 17.4 Å². The van der Waals surface area contributed by atoms with Gasteiger partial charge >= 0.3 is 5.97 Å². The largest absolute Gasteiger partial charge is 0.490 e. The number of hydrogen-bond acceptors (Lipinski definition) is 5. The van der Waals surface area contributed by atoms with E-state index in [1.165, 1.54) is 0 Å². The molecule has 3 unspecified atom stereocenters. The lowest BCUT2D eigenvalue weighted by atomic mass is 9.66. The summed E-state index contributed by atoms with van der Waals surface area (Å²) in [4.78, 5) is 12.1. The van der Waals surface area contributed by atoms with Crippen molar-refractivity contribution in [3.8, 4) is 5.75 Å². The van der Waals surface area contributed by atoms with Crippen molar-refractivity contribution in [1.29, 1.82) is 0 Å². The Morgan fingerprint density at radius 1 is 1.35 bits per heavy atom. The maximum atomic E-state index is 12.1. The zero-order valence-corrected chi connectivity index (χ0v) is 14.0. The van der Waals surface area contributed by atoms with E-state index < -0.39 is 23.2 Å². The Hall–Kier alpha value is -1.15. The van der Waals surface area contributed by atoms with Crippen molar-refractivity contribution >= 4 is 21.9 Å². The Balaban J connectivity index is 1.81. The minimum absolute atomic E-state index is 0.247. The molecule has 0 amide bonds. The third kappa shape index (κ3) is 2.21. The topological polar surface area (TPSA) is 91.0 Å². The van der Waals surface area contributed by atoms with Crippen LogP contribution in [0, 0.1) is 5.92 Å². The molecule has 1 saturated heterocycles. The second-order valence-corrected chi connectivity index (χ2v) is 7.34. The van der Waals surface area contributed by atoms with Gasteiger partial charge in [-0.05, 0) is 24.6 Å². The van der Waals surface area contributed by atoms with Crippen molar-refractivity contribution in [2.75, 3.05) is 13.2 Å². The molecule has 1 saturated carbocycles. The van der Waals surface area contributed by atoms with Crippen LogP contribution < -0.4 is 10.5 Å². The van der Waals surface area contributed by atoms with Crippen LogP contribution in [0.4, 0.5) is 0 Å². The number of hydrogen-bond donors (Lipinski definition) is 2. The first-order valence-corrected chi connectivity index (χ1v) is 8.51. The summed E-state index contributed by atoms with van der Waals surface area (Å²) in [5.74, 6) is -1.63. The number of carbonyl (C=O) groups is 1. The first-order chi connectivity index (χ1) is 10.9. The van der Waals surface area contributed by atoms with Crippen molar-refractivity contribution in [2.24, 2.45) is 11.7 Å². The molecule has 2 aliphatic heterocycles. The molecule has 6 nitrogen and oxygen atoms in total. The van der Waals surface area contributed by atoms with Crippen LogP contribution in [0.3, 0.4) is 0 Å². The SMILES string of the molecule is NC1(C(=O)O)c2cc(Br)ccc2OC2CCC3(CC21)OCCO3. The minimum atomic E-state index is -1.52. The molecule has 4 rings (SSSR count). The summed E-state index contributed by atoms with van der Waals surface area (Å²) in [6.07, 6.45) is 1.53. The second-order valence-electron chi connectivity index (χ2n) is 6.43. The van der Waals surface area contributed by atoms with E-state index in [2.05, 4.69) is 15.9 Å². The number of rotatable bonds is 1. The lowest BCUT2D eigenvalue weighted by molar-refractivity contribution is -0.212. The van der Waals surface area contributed by atoms with E-state index in [1.807, 2.05) is 6.07 Å². The lowest BCUT2D eigenvalue weighted by Gasteiger charge is -2.50. The molecule has 7 heteroatoms. The highest BCUT2D eigenvalue weighted by Gasteiger charge is 2.59. The molecular formula is C16H18BrNO5. The van der Waals surface area contributed by atoms with E-state index in [0.29, 0.717) is 43.8 Å². The summed E-state index contributed by atoms with van der Waals surface area (Å²) in [6.45, 7) is 1.07. The number of carboxylic acid groups (broad SMARTS) is 1. The molecule has 1 aromatic carbocycles. The fraction of sp³-hybridized carbons (Fsp3) is 0.562. The van der Waals surface area contributed by atoms with Crippen LogP contribution in [0.5, 0.6) is 5.75 Å². The molecule has 0 bridgehead atoms. The Bertz CT molecular complexity index is 660. The van der Waals surface area contributed by atoms with Gasteiger partial charge in [-0.15, -0.1) is 0 Å². The summed E-state index contributed by atoms with van der Waals surface area (Å²) in [5, 5.41) is 9.93. The Labute approximate surface area is 142 Å². The molecule has 1 aromatic rings. The fourth-order valence-corrected chi connectivity index (χ4v) is 4.41. The Morgan fingerprint density at radius 3 is 2.78 bits per heavy atom. The van der Waals surface area contributed by atoms with Crippen LogP contribution in [-0.2, 0) is 19.8 Å². The lowest BCUT2D eigenvalue weighted by Crippen LogP contribution is -2.62. The summed E-state index contributed by atoms with van der Waals surface area (Å²) >= 11 is 3.39. The van der Waals surface area contributed by atoms with E-state index >= 15 is 0 Å².